The van der Waals surface area contributed by atoms with Crippen molar-refractivity contribution < 1.29 is 17.9 Å². The monoisotopic (exact) mass is 285 g/mol. The number of ether oxygens (including phenoxy) is 2. The molecule has 0 radical (unpaired) electrons. The van der Waals surface area contributed by atoms with Crippen molar-refractivity contribution >= 4 is 10.0 Å². The molecule has 2 rings (SSSR count). The van der Waals surface area contributed by atoms with Crippen molar-refractivity contribution in [3.05, 3.63) is 23.3 Å². The lowest BCUT2D eigenvalue weighted by Crippen LogP contribution is -2.38. The van der Waals surface area contributed by atoms with Gasteiger partial charge in [0.05, 0.1) is 12.0 Å². The summed E-state index contributed by atoms with van der Waals surface area (Å²) >= 11 is 0. The van der Waals surface area contributed by atoms with Gasteiger partial charge in [0.25, 0.3) is 0 Å². The molecule has 0 amide bonds. The van der Waals surface area contributed by atoms with Crippen LogP contribution >= 0.6 is 0 Å². The maximum Gasteiger partial charge on any atom is 0.245 e. The van der Waals surface area contributed by atoms with Crippen molar-refractivity contribution in [2.45, 2.75) is 25.2 Å². The van der Waals surface area contributed by atoms with Gasteiger partial charge < -0.3 is 9.47 Å². The smallest absolute Gasteiger partial charge is 0.245 e. The highest BCUT2D eigenvalue weighted by atomic mass is 32.2. The number of methoxy groups -OCH3 is 1. The van der Waals surface area contributed by atoms with E-state index in [1.165, 1.54) is 4.31 Å². The van der Waals surface area contributed by atoms with Crippen molar-refractivity contribution in [1.29, 1.82) is 0 Å². The van der Waals surface area contributed by atoms with Gasteiger partial charge in [-0.15, -0.1) is 0 Å². The fourth-order valence-corrected chi connectivity index (χ4v) is 3.82. The molecule has 0 N–H and O–H groups in total. The van der Waals surface area contributed by atoms with Crippen LogP contribution in [0.4, 0.5) is 0 Å². The summed E-state index contributed by atoms with van der Waals surface area (Å²) in [5.41, 5.74) is 1.50. The number of nitrogens with zero attached hydrogens (tertiary/aromatic N) is 1. The van der Waals surface area contributed by atoms with Gasteiger partial charge in [0.15, 0.2) is 0 Å². The van der Waals surface area contributed by atoms with Gasteiger partial charge in [-0.2, -0.15) is 4.31 Å². The number of rotatable bonds is 3. The Bertz CT molecular complexity index is 562. The number of hydrogen-bond acceptors (Lipinski definition) is 4. The molecule has 0 atom stereocenters. The van der Waals surface area contributed by atoms with Crippen LogP contribution in [0.15, 0.2) is 17.0 Å². The number of aryl methyl sites for hydroxylation is 2. The first-order chi connectivity index (χ1) is 8.96. The predicted molar refractivity (Wildman–Crippen MR) is 71.8 cm³/mol. The third kappa shape index (κ3) is 2.75. The molecule has 5 nitrogen and oxygen atoms in total. The molecule has 6 heteroatoms. The molecule has 1 aliphatic rings. The minimum atomic E-state index is -3.49. The molecule has 0 spiro atoms. The summed E-state index contributed by atoms with van der Waals surface area (Å²) in [7, 11) is -1.91. The molecule has 1 saturated heterocycles. The molecule has 0 bridgehead atoms. The molecule has 0 aliphatic carbocycles. The largest absolute Gasteiger partial charge is 0.496 e. The van der Waals surface area contributed by atoms with Gasteiger partial charge in [0, 0.05) is 13.2 Å². The topological polar surface area (TPSA) is 55.8 Å². The minimum absolute atomic E-state index is 0.132. The zero-order valence-corrected chi connectivity index (χ0v) is 12.3. The van der Waals surface area contributed by atoms with Crippen LogP contribution in [0.25, 0.3) is 0 Å². The van der Waals surface area contributed by atoms with Gasteiger partial charge in [-0.1, -0.05) is 0 Å². The molecule has 19 heavy (non-hydrogen) atoms. The lowest BCUT2D eigenvalue weighted by molar-refractivity contribution is 0.0313. The van der Waals surface area contributed by atoms with E-state index >= 15 is 0 Å². The van der Waals surface area contributed by atoms with Crippen molar-refractivity contribution in [2.24, 2.45) is 0 Å². The van der Waals surface area contributed by atoms with Gasteiger partial charge in [0.2, 0.25) is 10.0 Å². The summed E-state index contributed by atoms with van der Waals surface area (Å²) < 4.78 is 36.9. The average Bonchev–Trinajstić information content (AvgIpc) is 2.41. The highest BCUT2D eigenvalue weighted by Gasteiger charge is 2.28. The maximum atomic E-state index is 12.6. The van der Waals surface area contributed by atoms with E-state index in [0.717, 1.165) is 12.0 Å². The number of sulfonamides is 1. The second-order valence-electron chi connectivity index (χ2n) is 4.66. The maximum absolute atomic E-state index is 12.6. The Morgan fingerprint density at radius 2 is 2.00 bits per heavy atom. The van der Waals surface area contributed by atoms with Crippen LogP contribution in [-0.2, 0) is 14.8 Å². The summed E-state index contributed by atoms with van der Waals surface area (Å²) in [5, 5.41) is 0. The first kappa shape index (κ1) is 14.3. The third-order valence-corrected chi connectivity index (χ3v) is 5.21. The van der Waals surface area contributed by atoms with E-state index in [1.54, 1.807) is 26.2 Å². The number of hydrogen-bond donors (Lipinski definition) is 0. The predicted octanol–water partition coefficient (Wildman–Crippen LogP) is 1.68. The Kier molecular flexibility index (Phi) is 4.13. The van der Waals surface area contributed by atoms with Gasteiger partial charge in [0.1, 0.15) is 12.5 Å². The highest BCUT2D eigenvalue weighted by Crippen LogP contribution is 2.28. The van der Waals surface area contributed by atoms with Crippen molar-refractivity contribution in [3.63, 3.8) is 0 Å². The first-order valence-electron chi connectivity index (χ1n) is 6.20. The van der Waals surface area contributed by atoms with E-state index in [1.807, 2.05) is 6.92 Å². The zero-order valence-electron chi connectivity index (χ0n) is 11.5. The van der Waals surface area contributed by atoms with Crippen LogP contribution in [-0.4, -0.2) is 39.7 Å². The third-order valence-electron chi connectivity index (χ3n) is 3.24. The molecular weight excluding hydrogens is 266 g/mol. The van der Waals surface area contributed by atoms with Crippen LogP contribution in [0.5, 0.6) is 5.75 Å². The second kappa shape index (κ2) is 5.48. The van der Waals surface area contributed by atoms with Crippen LogP contribution in [0.2, 0.25) is 0 Å². The molecule has 1 heterocycles. The number of benzene rings is 1. The molecule has 0 aromatic heterocycles. The summed E-state index contributed by atoms with van der Waals surface area (Å²) in [6, 6.07) is 3.42. The van der Waals surface area contributed by atoms with E-state index in [4.69, 9.17) is 9.47 Å². The Labute approximate surface area is 114 Å². The second-order valence-corrected chi connectivity index (χ2v) is 6.57. The molecule has 0 saturated carbocycles. The minimum Gasteiger partial charge on any atom is -0.496 e. The van der Waals surface area contributed by atoms with Crippen molar-refractivity contribution in [2.75, 3.05) is 27.0 Å². The van der Waals surface area contributed by atoms with E-state index < -0.39 is 10.0 Å². The Morgan fingerprint density at radius 1 is 1.26 bits per heavy atom. The average molecular weight is 285 g/mol. The molecular formula is C13H19NO4S. The summed E-state index contributed by atoms with van der Waals surface area (Å²) in [5.74, 6) is 0.700. The fraction of sp³-hybridized carbons (Fsp3) is 0.538. The van der Waals surface area contributed by atoms with Gasteiger partial charge >= 0.3 is 0 Å². The molecule has 1 fully saturated rings. The van der Waals surface area contributed by atoms with Crippen LogP contribution < -0.4 is 4.74 Å². The standard InChI is InChI=1S/C13H19NO4S/c1-10-8-13(11(2)7-12(10)17-3)19(15,16)14-5-4-6-18-9-14/h7-8H,4-6,9H2,1-3H3. The van der Waals surface area contributed by atoms with Gasteiger partial charge in [-0.25, -0.2) is 8.42 Å². The lowest BCUT2D eigenvalue weighted by Gasteiger charge is -2.26. The van der Waals surface area contributed by atoms with Gasteiger partial charge in [-0.3, -0.25) is 0 Å². The Balaban J connectivity index is 2.42. The molecule has 0 unspecified atom stereocenters. The molecule has 1 aromatic rings. The van der Waals surface area contributed by atoms with Gasteiger partial charge in [-0.05, 0) is 43.5 Å². The zero-order chi connectivity index (χ0) is 14.0. The van der Waals surface area contributed by atoms with Crippen LogP contribution in [0.3, 0.4) is 0 Å². The Hall–Kier alpha value is -1.11. The van der Waals surface area contributed by atoms with E-state index in [9.17, 15) is 8.42 Å². The molecule has 1 aromatic carbocycles. The lowest BCUT2D eigenvalue weighted by atomic mass is 10.1. The van der Waals surface area contributed by atoms with Crippen LogP contribution in [0, 0.1) is 13.8 Å². The fourth-order valence-electron chi connectivity index (χ4n) is 2.16. The normalized spacial score (nSPS) is 17.4. The Morgan fingerprint density at radius 3 is 2.58 bits per heavy atom. The quantitative estimate of drug-likeness (QED) is 0.848. The van der Waals surface area contributed by atoms with E-state index in [0.29, 0.717) is 29.4 Å². The van der Waals surface area contributed by atoms with Crippen molar-refractivity contribution in [1.82, 2.24) is 4.31 Å². The summed E-state index contributed by atoms with van der Waals surface area (Å²) in [6.07, 6.45) is 0.730. The molecule has 1 aliphatic heterocycles. The van der Waals surface area contributed by atoms with Crippen molar-refractivity contribution in [3.8, 4) is 5.75 Å². The first-order valence-corrected chi connectivity index (χ1v) is 7.64. The van der Waals surface area contributed by atoms with E-state index in [-0.39, 0.29) is 6.73 Å². The SMILES string of the molecule is COc1cc(C)c(S(=O)(=O)N2CCCOC2)cc1C. The molecule has 106 valence electrons. The highest BCUT2D eigenvalue weighted by molar-refractivity contribution is 7.89. The van der Waals surface area contributed by atoms with Crippen LogP contribution in [0.1, 0.15) is 17.5 Å². The summed E-state index contributed by atoms with van der Waals surface area (Å²) in [6.45, 7) is 4.87. The summed E-state index contributed by atoms with van der Waals surface area (Å²) in [4.78, 5) is 0.330. The van der Waals surface area contributed by atoms with E-state index in [2.05, 4.69) is 0 Å².